The van der Waals surface area contributed by atoms with Crippen LogP contribution in [0.3, 0.4) is 0 Å². The Labute approximate surface area is 120 Å². The van der Waals surface area contributed by atoms with Crippen LogP contribution >= 0.6 is 0 Å². The first-order chi connectivity index (χ1) is 9.97. The molecule has 3 N–H and O–H groups in total. The van der Waals surface area contributed by atoms with Crippen LogP contribution in [0.25, 0.3) is 0 Å². The Kier molecular flexibility index (Phi) is 4.32. The van der Waals surface area contributed by atoms with Crippen LogP contribution in [0.1, 0.15) is 21.6 Å². The van der Waals surface area contributed by atoms with Gasteiger partial charge in [-0.25, -0.2) is 14.2 Å². The summed E-state index contributed by atoms with van der Waals surface area (Å²) in [5, 5.41) is 11.5. The van der Waals surface area contributed by atoms with Crippen molar-refractivity contribution in [1.29, 1.82) is 0 Å². The Bertz CT molecular complexity index is 655. The number of aryl methyl sites for hydroxylation is 1. The van der Waals surface area contributed by atoms with E-state index in [1.807, 2.05) is 0 Å². The van der Waals surface area contributed by atoms with E-state index in [4.69, 9.17) is 5.11 Å². The monoisotopic (exact) mass is 291 g/mol. The Balaban J connectivity index is 2.14. The minimum absolute atomic E-state index is 0.0362. The van der Waals surface area contributed by atoms with E-state index < -0.39 is 23.7 Å². The molecule has 6 nitrogen and oxygen atoms in total. The Hall–Kier alpha value is -2.70. The fourth-order valence-corrected chi connectivity index (χ4v) is 1.87. The van der Waals surface area contributed by atoms with E-state index in [9.17, 15) is 14.0 Å². The van der Waals surface area contributed by atoms with Gasteiger partial charge < -0.3 is 15.4 Å². The predicted molar refractivity (Wildman–Crippen MR) is 72.3 cm³/mol. The number of hydrogen-bond acceptors (Lipinski definition) is 3. The molecular weight excluding hydrogens is 277 g/mol. The third-order valence-corrected chi connectivity index (χ3v) is 2.95. The lowest BCUT2D eigenvalue weighted by Crippen LogP contribution is -2.42. The summed E-state index contributed by atoms with van der Waals surface area (Å²) >= 11 is 0. The first-order valence-corrected chi connectivity index (χ1v) is 6.24. The van der Waals surface area contributed by atoms with Crippen LogP contribution in [0, 0.1) is 12.7 Å². The molecule has 0 aliphatic heterocycles. The van der Waals surface area contributed by atoms with E-state index in [0.717, 1.165) is 0 Å². The molecule has 0 spiro atoms. The van der Waals surface area contributed by atoms with Crippen molar-refractivity contribution in [3.05, 3.63) is 53.4 Å². The molecular formula is C14H14FN3O3. The lowest BCUT2D eigenvalue weighted by atomic mass is 10.1. The van der Waals surface area contributed by atoms with Crippen molar-refractivity contribution in [2.24, 2.45) is 0 Å². The van der Waals surface area contributed by atoms with Crippen molar-refractivity contribution in [3.8, 4) is 0 Å². The molecule has 0 saturated heterocycles. The number of aromatic amines is 1. The summed E-state index contributed by atoms with van der Waals surface area (Å²) in [6.07, 6.45) is 2.92. The maximum Gasteiger partial charge on any atom is 0.326 e. The summed E-state index contributed by atoms with van der Waals surface area (Å²) < 4.78 is 13.6. The number of halogens is 1. The van der Waals surface area contributed by atoms with E-state index in [-0.39, 0.29) is 12.0 Å². The molecule has 1 amide bonds. The zero-order chi connectivity index (χ0) is 15.4. The lowest BCUT2D eigenvalue weighted by molar-refractivity contribution is -0.139. The SMILES string of the molecule is Cc1ccc(F)c(C(=O)N[C@H](Cc2cnc[nH]2)C(=O)O)c1. The van der Waals surface area contributed by atoms with Crippen LogP contribution in [0.4, 0.5) is 4.39 Å². The van der Waals surface area contributed by atoms with Gasteiger partial charge in [-0.15, -0.1) is 0 Å². The number of carbonyl (C=O) groups is 2. The molecule has 1 heterocycles. The van der Waals surface area contributed by atoms with Crippen LogP contribution in [-0.2, 0) is 11.2 Å². The number of carboxylic acid groups (broad SMARTS) is 1. The number of nitrogens with zero attached hydrogens (tertiary/aromatic N) is 1. The van der Waals surface area contributed by atoms with Gasteiger partial charge in [0.05, 0.1) is 11.9 Å². The second-order valence-corrected chi connectivity index (χ2v) is 4.63. The highest BCUT2D eigenvalue weighted by Gasteiger charge is 2.23. The van der Waals surface area contributed by atoms with Crippen molar-refractivity contribution in [2.75, 3.05) is 0 Å². The second-order valence-electron chi connectivity index (χ2n) is 4.63. The first-order valence-electron chi connectivity index (χ1n) is 6.24. The Morgan fingerprint density at radius 2 is 2.24 bits per heavy atom. The zero-order valence-corrected chi connectivity index (χ0v) is 11.3. The topological polar surface area (TPSA) is 95.1 Å². The number of imidazole rings is 1. The van der Waals surface area contributed by atoms with Gasteiger partial charge >= 0.3 is 5.97 Å². The molecule has 1 atom stereocenters. The number of nitrogens with one attached hydrogen (secondary N) is 2. The van der Waals surface area contributed by atoms with Crippen LogP contribution < -0.4 is 5.32 Å². The summed E-state index contributed by atoms with van der Waals surface area (Å²) in [7, 11) is 0. The van der Waals surface area contributed by atoms with Crippen molar-refractivity contribution in [1.82, 2.24) is 15.3 Å². The number of aliphatic carboxylic acids is 1. The van der Waals surface area contributed by atoms with Gasteiger partial charge in [-0.05, 0) is 19.1 Å². The summed E-state index contributed by atoms with van der Waals surface area (Å²) in [5.41, 5.74) is 1.10. The largest absolute Gasteiger partial charge is 0.480 e. The smallest absolute Gasteiger partial charge is 0.326 e. The fraction of sp³-hybridized carbons (Fsp3) is 0.214. The molecule has 2 aromatic rings. The number of amides is 1. The molecule has 2 rings (SSSR count). The van der Waals surface area contributed by atoms with Crippen molar-refractivity contribution >= 4 is 11.9 Å². The third kappa shape index (κ3) is 3.65. The van der Waals surface area contributed by atoms with Gasteiger partial charge in [0.1, 0.15) is 11.9 Å². The summed E-state index contributed by atoms with van der Waals surface area (Å²) in [6.45, 7) is 1.72. The van der Waals surface area contributed by atoms with Gasteiger partial charge in [0.15, 0.2) is 0 Å². The molecule has 0 radical (unpaired) electrons. The maximum atomic E-state index is 13.6. The van der Waals surface area contributed by atoms with Crippen molar-refractivity contribution < 1.29 is 19.1 Å². The Morgan fingerprint density at radius 3 is 2.86 bits per heavy atom. The number of hydrogen-bond donors (Lipinski definition) is 3. The number of rotatable bonds is 5. The van der Waals surface area contributed by atoms with Crippen LogP contribution in [0.2, 0.25) is 0 Å². The third-order valence-electron chi connectivity index (χ3n) is 2.95. The molecule has 0 unspecified atom stereocenters. The van der Waals surface area contributed by atoms with Gasteiger partial charge in [-0.3, -0.25) is 4.79 Å². The molecule has 0 bridgehead atoms. The molecule has 1 aromatic heterocycles. The molecule has 7 heteroatoms. The van der Waals surface area contributed by atoms with Gasteiger partial charge in [-0.1, -0.05) is 11.6 Å². The average Bonchev–Trinajstić information content (AvgIpc) is 2.93. The van der Waals surface area contributed by atoms with E-state index in [1.54, 1.807) is 6.92 Å². The van der Waals surface area contributed by atoms with Crippen molar-refractivity contribution in [2.45, 2.75) is 19.4 Å². The average molecular weight is 291 g/mol. The number of benzene rings is 1. The minimum Gasteiger partial charge on any atom is -0.480 e. The molecule has 0 aliphatic carbocycles. The lowest BCUT2D eigenvalue weighted by Gasteiger charge is -2.14. The number of carboxylic acids is 1. The van der Waals surface area contributed by atoms with E-state index >= 15 is 0 Å². The maximum absolute atomic E-state index is 13.6. The van der Waals surface area contributed by atoms with Crippen LogP contribution in [0.5, 0.6) is 0 Å². The van der Waals surface area contributed by atoms with Gasteiger partial charge in [0.2, 0.25) is 0 Å². The molecule has 110 valence electrons. The first kappa shape index (κ1) is 14.7. The fourth-order valence-electron chi connectivity index (χ4n) is 1.87. The van der Waals surface area contributed by atoms with Gasteiger partial charge in [0, 0.05) is 18.3 Å². The van der Waals surface area contributed by atoms with E-state index in [0.29, 0.717) is 11.3 Å². The summed E-state index contributed by atoms with van der Waals surface area (Å²) in [6, 6.07) is 2.91. The molecule has 0 aliphatic rings. The molecule has 21 heavy (non-hydrogen) atoms. The second kappa shape index (κ2) is 6.17. The molecule has 0 saturated carbocycles. The van der Waals surface area contributed by atoms with Crippen molar-refractivity contribution in [3.63, 3.8) is 0 Å². The van der Waals surface area contributed by atoms with Crippen LogP contribution in [-0.4, -0.2) is 33.0 Å². The van der Waals surface area contributed by atoms with Gasteiger partial charge in [0.25, 0.3) is 5.91 Å². The Morgan fingerprint density at radius 1 is 1.48 bits per heavy atom. The zero-order valence-electron chi connectivity index (χ0n) is 11.3. The molecule has 0 fully saturated rings. The summed E-state index contributed by atoms with van der Waals surface area (Å²) in [4.78, 5) is 29.8. The summed E-state index contributed by atoms with van der Waals surface area (Å²) in [5.74, 6) is -2.65. The number of H-pyrrole nitrogens is 1. The highest BCUT2D eigenvalue weighted by Crippen LogP contribution is 2.10. The number of aromatic nitrogens is 2. The molecule has 1 aromatic carbocycles. The highest BCUT2D eigenvalue weighted by molar-refractivity contribution is 5.97. The highest BCUT2D eigenvalue weighted by atomic mass is 19.1. The van der Waals surface area contributed by atoms with Crippen LogP contribution in [0.15, 0.2) is 30.7 Å². The van der Waals surface area contributed by atoms with E-state index in [1.165, 1.54) is 30.7 Å². The minimum atomic E-state index is -1.20. The standard InChI is InChI=1S/C14H14FN3O3/c1-8-2-3-11(15)10(4-8)13(19)18-12(14(20)21)5-9-6-16-7-17-9/h2-4,6-7,12H,5H2,1H3,(H,16,17)(H,18,19)(H,20,21)/t12-/m1/s1. The van der Waals surface area contributed by atoms with E-state index in [2.05, 4.69) is 15.3 Å². The van der Waals surface area contributed by atoms with Gasteiger partial charge in [-0.2, -0.15) is 0 Å². The number of carbonyl (C=O) groups excluding carboxylic acids is 1. The predicted octanol–water partition coefficient (Wildman–Crippen LogP) is 1.28. The normalized spacial score (nSPS) is 11.9. The quantitative estimate of drug-likeness (QED) is 0.773.